The first-order chi connectivity index (χ1) is 9.20. The first-order valence-electron chi connectivity index (χ1n) is 5.86. The van der Waals surface area contributed by atoms with Gasteiger partial charge in [-0.05, 0) is 6.07 Å². The Morgan fingerprint density at radius 1 is 1.58 bits per heavy atom. The van der Waals surface area contributed by atoms with Crippen molar-refractivity contribution >= 4 is 23.2 Å². The first kappa shape index (κ1) is 12.8. The van der Waals surface area contributed by atoms with E-state index < -0.39 is 0 Å². The van der Waals surface area contributed by atoms with Crippen LogP contribution < -0.4 is 5.32 Å². The van der Waals surface area contributed by atoms with Crippen LogP contribution in [0.3, 0.4) is 0 Å². The Kier molecular flexibility index (Phi) is 3.94. The minimum absolute atomic E-state index is 0.0622. The van der Waals surface area contributed by atoms with Crippen molar-refractivity contribution in [2.24, 2.45) is 0 Å². The van der Waals surface area contributed by atoms with Gasteiger partial charge in [0.2, 0.25) is 5.91 Å². The van der Waals surface area contributed by atoms with Crippen LogP contribution in [0.15, 0.2) is 18.5 Å². The number of nitrogens with zero attached hydrogens (tertiary/aromatic N) is 1. The van der Waals surface area contributed by atoms with Gasteiger partial charge in [-0.25, -0.2) is 4.98 Å². The molecule has 5 heteroatoms. The number of carbonyl (C=O) groups excluding carboxylic acids is 2. The third-order valence-electron chi connectivity index (χ3n) is 2.55. The number of H-pyrrole nitrogens is 1. The predicted octanol–water partition coefficient (Wildman–Crippen LogP) is 1.25. The lowest BCUT2D eigenvalue weighted by molar-refractivity contribution is -0.118. The van der Waals surface area contributed by atoms with Crippen LogP contribution in [0.4, 0.5) is 0 Å². The molecular weight excluding hydrogens is 242 g/mol. The molecule has 0 unspecified atom stereocenters. The maximum Gasteiger partial charge on any atom is 0.216 e. The number of aromatic nitrogens is 2. The molecule has 0 aliphatic carbocycles. The predicted molar refractivity (Wildman–Crippen MR) is 71.7 cm³/mol. The fourth-order valence-corrected chi connectivity index (χ4v) is 1.66. The van der Waals surface area contributed by atoms with Crippen LogP contribution >= 0.6 is 0 Å². The molecule has 0 bridgehead atoms. The molecule has 19 heavy (non-hydrogen) atoms. The van der Waals surface area contributed by atoms with Crippen LogP contribution in [-0.2, 0) is 4.79 Å². The topological polar surface area (TPSA) is 74.8 Å². The summed E-state index contributed by atoms with van der Waals surface area (Å²) in [7, 11) is 0. The second-order valence-corrected chi connectivity index (χ2v) is 4.02. The van der Waals surface area contributed by atoms with Crippen LogP contribution in [0, 0.1) is 11.8 Å². The Hall–Kier alpha value is -2.61. The zero-order chi connectivity index (χ0) is 13.7. The van der Waals surface area contributed by atoms with Gasteiger partial charge in [-0.15, -0.1) is 0 Å². The lowest BCUT2D eigenvalue weighted by Crippen LogP contribution is -2.20. The number of rotatable bonds is 3. The third-order valence-corrected chi connectivity index (χ3v) is 2.55. The Balaban J connectivity index is 2.10. The van der Waals surface area contributed by atoms with Crippen molar-refractivity contribution < 1.29 is 9.59 Å². The molecular formula is C14H13N3O2. The molecule has 96 valence electrons. The summed E-state index contributed by atoms with van der Waals surface area (Å²) in [6.07, 6.45) is 4.64. The van der Waals surface area contributed by atoms with Crippen LogP contribution in [0.2, 0.25) is 0 Å². The highest BCUT2D eigenvalue weighted by atomic mass is 16.1. The summed E-state index contributed by atoms with van der Waals surface area (Å²) in [5.74, 6) is 5.84. The third kappa shape index (κ3) is 3.19. The summed E-state index contributed by atoms with van der Waals surface area (Å²) in [6.45, 7) is 2.00. The molecule has 2 heterocycles. The van der Waals surface area contributed by atoms with Crippen molar-refractivity contribution in [2.75, 3.05) is 6.54 Å². The smallest absolute Gasteiger partial charge is 0.216 e. The van der Waals surface area contributed by atoms with Gasteiger partial charge >= 0.3 is 0 Å². The number of aromatic amines is 1. The first-order valence-corrected chi connectivity index (χ1v) is 5.86. The van der Waals surface area contributed by atoms with Crippen LogP contribution in [0.25, 0.3) is 11.0 Å². The highest BCUT2D eigenvalue weighted by Gasteiger charge is 2.03. The van der Waals surface area contributed by atoms with Crippen molar-refractivity contribution in [1.29, 1.82) is 0 Å². The second-order valence-electron chi connectivity index (χ2n) is 4.02. The van der Waals surface area contributed by atoms with E-state index in [1.54, 1.807) is 12.4 Å². The molecule has 2 N–H and O–H groups in total. The van der Waals surface area contributed by atoms with E-state index in [1.165, 1.54) is 6.92 Å². The number of amides is 1. The normalized spacial score (nSPS) is 9.74. The molecule has 0 spiro atoms. The monoisotopic (exact) mass is 255 g/mol. The van der Waals surface area contributed by atoms with Gasteiger partial charge < -0.3 is 10.3 Å². The summed E-state index contributed by atoms with van der Waals surface area (Å²) in [5.41, 5.74) is 1.99. The van der Waals surface area contributed by atoms with E-state index >= 15 is 0 Å². The van der Waals surface area contributed by atoms with E-state index in [4.69, 9.17) is 0 Å². The zero-order valence-corrected chi connectivity index (χ0v) is 10.5. The highest BCUT2D eigenvalue weighted by Crippen LogP contribution is 2.15. The molecule has 0 radical (unpaired) electrons. The summed E-state index contributed by atoms with van der Waals surface area (Å²) >= 11 is 0. The summed E-state index contributed by atoms with van der Waals surface area (Å²) in [5, 5.41) is 3.43. The molecule has 2 aromatic heterocycles. The Labute approximate surface area is 110 Å². The lowest BCUT2D eigenvalue weighted by Gasteiger charge is -1.95. The van der Waals surface area contributed by atoms with Crippen molar-refractivity contribution in [3.05, 3.63) is 29.6 Å². The van der Waals surface area contributed by atoms with Gasteiger partial charge in [0.1, 0.15) is 5.65 Å². The van der Waals surface area contributed by atoms with Crippen molar-refractivity contribution in [1.82, 2.24) is 15.3 Å². The van der Waals surface area contributed by atoms with E-state index in [1.807, 2.05) is 6.07 Å². The number of hydrogen-bond donors (Lipinski definition) is 2. The number of nitrogens with one attached hydrogen (secondary N) is 2. The fraction of sp³-hybridized carbons (Fsp3) is 0.214. The van der Waals surface area contributed by atoms with E-state index in [-0.39, 0.29) is 5.91 Å². The number of aldehydes is 1. The molecule has 0 aliphatic rings. The van der Waals surface area contributed by atoms with Crippen molar-refractivity contribution in [3.63, 3.8) is 0 Å². The summed E-state index contributed by atoms with van der Waals surface area (Å²) in [4.78, 5) is 28.6. The molecule has 2 rings (SSSR count). The Bertz CT molecular complexity index is 677. The maximum atomic E-state index is 10.8. The maximum absolute atomic E-state index is 10.8. The quantitative estimate of drug-likeness (QED) is 0.492. The van der Waals surface area contributed by atoms with Crippen LogP contribution in [0.5, 0.6) is 0 Å². The van der Waals surface area contributed by atoms with Crippen molar-refractivity contribution in [3.8, 4) is 11.8 Å². The number of fused-ring (bicyclic) bond motifs is 1. The molecule has 0 aliphatic heterocycles. The largest absolute Gasteiger partial charge is 0.355 e. The second kappa shape index (κ2) is 5.83. The molecule has 0 saturated heterocycles. The highest BCUT2D eigenvalue weighted by molar-refractivity contribution is 5.96. The standard InChI is InChI=1S/C14H13N3O2/c1-10(19)15-5-3-2-4-11-6-13-12(9-18)8-17-14(13)16-7-11/h6-9H,3,5H2,1H3,(H,15,19)(H,16,17). The lowest BCUT2D eigenvalue weighted by atomic mass is 10.2. The molecule has 0 aromatic carbocycles. The van der Waals surface area contributed by atoms with Gasteiger partial charge in [0, 0.05) is 48.8 Å². The summed E-state index contributed by atoms with van der Waals surface area (Å²) < 4.78 is 0. The zero-order valence-electron chi connectivity index (χ0n) is 10.5. The number of carbonyl (C=O) groups is 2. The molecule has 1 amide bonds. The van der Waals surface area contributed by atoms with Gasteiger partial charge in [-0.1, -0.05) is 11.8 Å². The van der Waals surface area contributed by atoms with E-state index in [9.17, 15) is 9.59 Å². The Morgan fingerprint density at radius 2 is 2.42 bits per heavy atom. The van der Waals surface area contributed by atoms with Crippen molar-refractivity contribution in [2.45, 2.75) is 13.3 Å². The van der Waals surface area contributed by atoms with E-state index in [0.29, 0.717) is 24.2 Å². The van der Waals surface area contributed by atoms with Crippen LogP contribution in [0.1, 0.15) is 29.3 Å². The molecule has 2 aromatic rings. The van der Waals surface area contributed by atoms with Gasteiger partial charge in [-0.3, -0.25) is 9.59 Å². The number of hydrogen-bond acceptors (Lipinski definition) is 3. The molecule has 5 nitrogen and oxygen atoms in total. The molecule has 0 fully saturated rings. The summed E-state index contributed by atoms with van der Waals surface area (Å²) in [6, 6.07) is 1.83. The van der Waals surface area contributed by atoms with Gasteiger partial charge in [0.25, 0.3) is 0 Å². The average Bonchev–Trinajstić information content (AvgIpc) is 2.80. The van der Waals surface area contributed by atoms with E-state index in [0.717, 1.165) is 17.2 Å². The van der Waals surface area contributed by atoms with Gasteiger partial charge in [0.05, 0.1) is 0 Å². The van der Waals surface area contributed by atoms with Gasteiger partial charge in [-0.2, -0.15) is 0 Å². The van der Waals surface area contributed by atoms with Gasteiger partial charge in [0.15, 0.2) is 6.29 Å². The molecule has 0 saturated carbocycles. The van der Waals surface area contributed by atoms with E-state index in [2.05, 4.69) is 27.1 Å². The average molecular weight is 255 g/mol. The minimum Gasteiger partial charge on any atom is -0.355 e. The SMILES string of the molecule is CC(=O)NCCC#Cc1cnc2[nH]cc(C=O)c2c1. The fourth-order valence-electron chi connectivity index (χ4n) is 1.66. The number of pyridine rings is 1. The molecule has 0 atom stereocenters. The Morgan fingerprint density at radius 3 is 3.16 bits per heavy atom. The van der Waals surface area contributed by atoms with Crippen LogP contribution in [-0.4, -0.2) is 28.7 Å². The minimum atomic E-state index is -0.0622.